The smallest absolute Gasteiger partial charge is 0.419 e. The average Bonchev–Trinajstić information content (AvgIpc) is 3.43. The van der Waals surface area contributed by atoms with E-state index in [1.807, 2.05) is 25.1 Å². The molecule has 0 bridgehead atoms. The van der Waals surface area contributed by atoms with Gasteiger partial charge in [-0.25, -0.2) is 24.5 Å². The van der Waals surface area contributed by atoms with E-state index in [4.69, 9.17) is 18.8 Å². The molecule has 4 aromatic rings. The van der Waals surface area contributed by atoms with E-state index in [0.29, 0.717) is 40.1 Å². The molecule has 3 N–H and O–H groups in total. The predicted octanol–water partition coefficient (Wildman–Crippen LogP) is 3.45. The number of nitrogens with zero attached hydrogens (tertiary/aromatic N) is 4. The van der Waals surface area contributed by atoms with Crippen molar-refractivity contribution in [2.24, 2.45) is 11.1 Å². The highest BCUT2D eigenvalue weighted by atomic mass is 32.2. The lowest BCUT2D eigenvalue weighted by Gasteiger charge is -2.21. The van der Waals surface area contributed by atoms with Crippen LogP contribution in [0.2, 0.25) is 0 Å². The first kappa shape index (κ1) is 28.5. The zero-order chi connectivity index (χ0) is 28.5. The SMILES string of the molecule is CCC(COS(N)(=O)=O)C(O)Cn1ccc2c(-c3cc4ccc(OC)cc4n3C(=O)OC(C)(C)C)ncnc21. The van der Waals surface area contributed by atoms with Crippen LogP contribution >= 0.6 is 0 Å². The summed E-state index contributed by atoms with van der Waals surface area (Å²) < 4.78 is 41.4. The molecule has 2 atom stereocenters. The Labute approximate surface area is 226 Å². The number of aliphatic hydroxyl groups is 1. The summed E-state index contributed by atoms with van der Waals surface area (Å²) in [5.74, 6) is 0.105. The van der Waals surface area contributed by atoms with Crippen molar-refractivity contribution in [2.75, 3.05) is 13.7 Å². The Hall–Kier alpha value is -3.52. The predicted molar refractivity (Wildman–Crippen MR) is 145 cm³/mol. The molecule has 3 heterocycles. The molecular formula is C26H33N5O7S. The lowest BCUT2D eigenvalue weighted by Crippen LogP contribution is -2.31. The van der Waals surface area contributed by atoms with Crippen molar-refractivity contribution >= 4 is 38.3 Å². The lowest BCUT2D eigenvalue weighted by molar-refractivity contribution is 0.0546. The molecule has 12 nitrogen and oxygen atoms in total. The molecule has 0 radical (unpaired) electrons. The molecule has 39 heavy (non-hydrogen) atoms. The largest absolute Gasteiger partial charge is 0.497 e. The molecule has 4 rings (SSSR count). The average molecular weight is 560 g/mol. The van der Waals surface area contributed by atoms with Crippen LogP contribution in [0.15, 0.2) is 42.9 Å². The van der Waals surface area contributed by atoms with E-state index in [1.165, 1.54) is 10.9 Å². The maximum atomic E-state index is 13.4. The summed E-state index contributed by atoms with van der Waals surface area (Å²) in [6, 6.07) is 9.08. The highest BCUT2D eigenvalue weighted by molar-refractivity contribution is 7.84. The van der Waals surface area contributed by atoms with Crippen LogP contribution in [0.4, 0.5) is 4.79 Å². The van der Waals surface area contributed by atoms with Crippen molar-refractivity contribution in [1.82, 2.24) is 19.1 Å². The second kappa shape index (κ2) is 10.9. The Morgan fingerprint density at radius 3 is 2.56 bits per heavy atom. The lowest BCUT2D eigenvalue weighted by atomic mass is 10.0. The van der Waals surface area contributed by atoms with Crippen LogP contribution in [0, 0.1) is 5.92 Å². The fraction of sp³-hybridized carbons (Fsp3) is 0.423. The zero-order valence-corrected chi connectivity index (χ0v) is 23.3. The molecule has 0 saturated carbocycles. The number of benzene rings is 1. The zero-order valence-electron chi connectivity index (χ0n) is 22.5. The summed E-state index contributed by atoms with van der Waals surface area (Å²) in [6.45, 7) is 7.08. The number of hydrogen-bond acceptors (Lipinski definition) is 9. The molecule has 13 heteroatoms. The summed E-state index contributed by atoms with van der Waals surface area (Å²) >= 11 is 0. The van der Waals surface area contributed by atoms with E-state index < -0.39 is 34.0 Å². The van der Waals surface area contributed by atoms with E-state index in [2.05, 4.69) is 9.97 Å². The fourth-order valence-corrected chi connectivity index (χ4v) is 4.74. The van der Waals surface area contributed by atoms with Crippen LogP contribution in [-0.2, 0) is 25.8 Å². The number of carbonyl (C=O) groups is 1. The molecule has 0 fully saturated rings. The number of methoxy groups -OCH3 is 1. The normalized spacial score (nSPS) is 14.0. The van der Waals surface area contributed by atoms with Gasteiger partial charge in [-0.2, -0.15) is 8.42 Å². The standard InChI is InChI=1S/C26H33N5O7S/c1-6-16(14-37-39(27,34)35)22(32)13-30-10-9-19-23(28-15-29-24(19)30)21-11-17-7-8-18(36-5)12-20(17)31(21)25(33)38-26(2,3)4/h7-12,15-16,22,32H,6,13-14H2,1-5H3,(H2,27,34,35). The molecule has 2 unspecified atom stereocenters. The van der Waals surface area contributed by atoms with Crippen molar-refractivity contribution < 1.29 is 32.0 Å². The van der Waals surface area contributed by atoms with E-state index in [0.717, 1.165) is 5.39 Å². The van der Waals surface area contributed by atoms with Gasteiger partial charge in [0.25, 0.3) is 0 Å². The fourth-order valence-electron chi connectivity index (χ4n) is 4.38. The van der Waals surface area contributed by atoms with Gasteiger partial charge < -0.3 is 19.1 Å². The minimum atomic E-state index is -4.12. The van der Waals surface area contributed by atoms with Crippen LogP contribution in [0.25, 0.3) is 33.3 Å². The summed E-state index contributed by atoms with van der Waals surface area (Å²) in [7, 11) is -2.57. The number of ether oxygens (including phenoxy) is 2. The quantitative estimate of drug-likeness (QED) is 0.313. The molecular weight excluding hydrogens is 526 g/mol. The van der Waals surface area contributed by atoms with Gasteiger partial charge in [0, 0.05) is 29.0 Å². The molecule has 1 aromatic carbocycles. The molecule has 0 amide bonds. The Bertz CT molecular complexity index is 1600. The van der Waals surface area contributed by atoms with E-state index in [1.54, 1.807) is 50.8 Å². The first-order chi connectivity index (χ1) is 18.3. The Morgan fingerprint density at radius 1 is 1.18 bits per heavy atom. The Morgan fingerprint density at radius 2 is 1.92 bits per heavy atom. The molecule has 0 saturated heterocycles. The number of aliphatic hydroxyl groups excluding tert-OH is 1. The van der Waals surface area contributed by atoms with Gasteiger partial charge in [0.15, 0.2) is 0 Å². The van der Waals surface area contributed by atoms with Crippen LogP contribution < -0.4 is 9.88 Å². The van der Waals surface area contributed by atoms with Crippen LogP contribution in [0.3, 0.4) is 0 Å². The van der Waals surface area contributed by atoms with Gasteiger partial charge in [0.2, 0.25) is 0 Å². The van der Waals surface area contributed by atoms with Gasteiger partial charge in [-0.15, -0.1) is 0 Å². The Kier molecular flexibility index (Phi) is 7.98. The second-order valence-electron chi connectivity index (χ2n) is 10.2. The summed E-state index contributed by atoms with van der Waals surface area (Å²) in [5, 5.41) is 17.2. The van der Waals surface area contributed by atoms with E-state index in [9.17, 15) is 18.3 Å². The molecule has 0 spiro atoms. The minimum absolute atomic E-state index is 0.124. The van der Waals surface area contributed by atoms with E-state index in [-0.39, 0.29) is 13.2 Å². The Balaban J connectivity index is 1.77. The number of aromatic nitrogens is 4. The van der Waals surface area contributed by atoms with Crippen molar-refractivity contribution in [3.63, 3.8) is 0 Å². The summed E-state index contributed by atoms with van der Waals surface area (Å²) in [4.78, 5) is 22.3. The third kappa shape index (κ3) is 6.38. The number of fused-ring (bicyclic) bond motifs is 2. The number of carbonyl (C=O) groups excluding carboxylic acids is 1. The highest BCUT2D eigenvalue weighted by Gasteiger charge is 2.26. The molecule has 3 aromatic heterocycles. The van der Waals surface area contributed by atoms with Gasteiger partial charge in [-0.05, 0) is 51.5 Å². The van der Waals surface area contributed by atoms with Gasteiger partial charge in [-0.3, -0.25) is 4.18 Å². The summed E-state index contributed by atoms with van der Waals surface area (Å²) in [6.07, 6.45) is 2.10. The van der Waals surface area contributed by atoms with E-state index >= 15 is 0 Å². The highest BCUT2D eigenvalue weighted by Crippen LogP contribution is 2.34. The van der Waals surface area contributed by atoms with Crippen molar-refractivity contribution in [2.45, 2.75) is 52.4 Å². The van der Waals surface area contributed by atoms with Crippen molar-refractivity contribution in [3.8, 4) is 17.1 Å². The van der Waals surface area contributed by atoms with Gasteiger partial charge in [0.05, 0.1) is 37.6 Å². The third-order valence-electron chi connectivity index (χ3n) is 6.29. The van der Waals surface area contributed by atoms with Gasteiger partial charge >= 0.3 is 16.4 Å². The van der Waals surface area contributed by atoms with Crippen molar-refractivity contribution in [3.05, 3.63) is 42.9 Å². The van der Waals surface area contributed by atoms with Crippen molar-refractivity contribution in [1.29, 1.82) is 0 Å². The summed E-state index contributed by atoms with van der Waals surface area (Å²) in [5.41, 5.74) is 1.40. The van der Waals surface area contributed by atoms with Crippen LogP contribution in [0.1, 0.15) is 34.1 Å². The first-order valence-corrected chi connectivity index (χ1v) is 13.9. The molecule has 210 valence electrons. The molecule has 0 aliphatic rings. The number of rotatable bonds is 9. The van der Waals surface area contributed by atoms with Crippen LogP contribution in [0.5, 0.6) is 5.75 Å². The van der Waals surface area contributed by atoms with Gasteiger partial charge in [-0.1, -0.05) is 6.92 Å². The maximum absolute atomic E-state index is 13.4. The second-order valence-corrected chi connectivity index (χ2v) is 11.4. The van der Waals surface area contributed by atoms with Gasteiger partial charge in [0.1, 0.15) is 29.0 Å². The third-order valence-corrected chi connectivity index (χ3v) is 6.75. The molecule has 0 aliphatic carbocycles. The monoisotopic (exact) mass is 559 g/mol. The first-order valence-electron chi connectivity index (χ1n) is 12.4. The number of hydrogen-bond donors (Lipinski definition) is 2. The van der Waals surface area contributed by atoms with Crippen LogP contribution in [-0.4, -0.2) is 64.1 Å². The number of nitrogens with two attached hydrogens (primary N) is 1. The maximum Gasteiger partial charge on any atom is 0.419 e. The topological polar surface area (TPSA) is 161 Å². The minimum Gasteiger partial charge on any atom is -0.497 e. The molecule has 0 aliphatic heterocycles.